The summed E-state index contributed by atoms with van der Waals surface area (Å²) < 4.78 is 0. The number of carbonyl (C=O) groups is 1. The number of amides is 1. The summed E-state index contributed by atoms with van der Waals surface area (Å²) in [6, 6.07) is 3.40. The summed E-state index contributed by atoms with van der Waals surface area (Å²) in [6.45, 7) is 6.05. The molecule has 0 aliphatic carbocycles. The quantitative estimate of drug-likeness (QED) is 0.783. The van der Waals surface area contributed by atoms with Gasteiger partial charge in [0.05, 0.1) is 5.56 Å². The number of aromatic nitrogens is 1. The molecule has 5 heteroatoms. The maximum Gasteiger partial charge on any atom is 0.255 e. The number of pyridine rings is 1. The molecule has 98 valence electrons. The minimum absolute atomic E-state index is 0.0603. The van der Waals surface area contributed by atoms with Crippen LogP contribution in [0.2, 0.25) is 5.15 Å². The highest BCUT2D eigenvalue weighted by atomic mass is 35.5. The third-order valence-corrected chi connectivity index (χ3v) is 4.86. The summed E-state index contributed by atoms with van der Waals surface area (Å²) in [6.07, 6.45) is 1.55. The molecule has 0 N–H and O–H groups in total. The molecule has 1 fully saturated rings. The number of rotatable bonds is 2. The first kappa shape index (κ1) is 13.7. The van der Waals surface area contributed by atoms with E-state index in [1.54, 1.807) is 18.3 Å². The molecule has 0 aromatic carbocycles. The monoisotopic (exact) mass is 284 g/mol. The maximum atomic E-state index is 12.3. The summed E-state index contributed by atoms with van der Waals surface area (Å²) in [5, 5.41) is 0.948. The molecule has 0 radical (unpaired) electrons. The van der Waals surface area contributed by atoms with Crippen molar-refractivity contribution in [2.45, 2.75) is 19.1 Å². The lowest BCUT2D eigenvalue weighted by Gasteiger charge is -2.34. The first-order valence-corrected chi connectivity index (χ1v) is 7.53. The van der Waals surface area contributed by atoms with Crippen LogP contribution in [0.4, 0.5) is 0 Å². The first-order chi connectivity index (χ1) is 8.58. The minimum atomic E-state index is 0.0603. The van der Waals surface area contributed by atoms with E-state index in [0.29, 0.717) is 21.9 Å². The first-order valence-electron chi connectivity index (χ1n) is 6.10. The molecule has 0 unspecified atom stereocenters. The number of hydrogen-bond donors (Lipinski definition) is 0. The molecule has 1 aliphatic heterocycles. The van der Waals surface area contributed by atoms with E-state index < -0.39 is 0 Å². The summed E-state index contributed by atoms with van der Waals surface area (Å²) in [5.74, 6) is 1.66. The Morgan fingerprint density at radius 1 is 1.56 bits per heavy atom. The summed E-state index contributed by atoms with van der Waals surface area (Å²) in [4.78, 5) is 18.2. The largest absolute Gasteiger partial charge is 0.337 e. The lowest BCUT2D eigenvalue weighted by molar-refractivity contribution is 0.0755. The van der Waals surface area contributed by atoms with E-state index in [1.807, 2.05) is 16.7 Å². The van der Waals surface area contributed by atoms with Crippen LogP contribution in [0.1, 0.15) is 24.2 Å². The van der Waals surface area contributed by atoms with Crippen LogP contribution in [0.5, 0.6) is 0 Å². The highest BCUT2D eigenvalue weighted by Gasteiger charge is 2.26. The second-order valence-corrected chi connectivity index (χ2v) is 6.51. The molecule has 1 aliphatic rings. The van der Waals surface area contributed by atoms with Gasteiger partial charge in [-0.05, 0) is 18.1 Å². The van der Waals surface area contributed by atoms with E-state index in [1.165, 1.54) is 0 Å². The average molecular weight is 285 g/mol. The minimum Gasteiger partial charge on any atom is -0.337 e. The van der Waals surface area contributed by atoms with Gasteiger partial charge in [0.15, 0.2) is 0 Å². The topological polar surface area (TPSA) is 33.2 Å². The van der Waals surface area contributed by atoms with Crippen LogP contribution in [-0.2, 0) is 0 Å². The van der Waals surface area contributed by atoms with Gasteiger partial charge in [-0.3, -0.25) is 4.79 Å². The Hall–Kier alpha value is -0.740. The Morgan fingerprint density at radius 3 is 2.94 bits per heavy atom. The molecule has 1 aromatic rings. The fourth-order valence-electron chi connectivity index (χ4n) is 1.95. The fraction of sp³-hybridized carbons (Fsp3) is 0.538. The number of carbonyl (C=O) groups excluding carboxylic acids is 1. The van der Waals surface area contributed by atoms with Gasteiger partial charge in [0.2, 0.25) is 0 Å². The molecular formula is C13H17ClN2OS. The second-order valence-electron chi connectivity index (χ2n) is 4.77. The normalized spacial score (nSPS) is 20.2. The zero-order valence-electron chi connectivity index (χ0n) is 10.6. The molecule has 2 rings (SSSR count). The van der Waals surface area contributed by atoms with E-state index in [9.17, 15) is 4.79 Å². The van der Waals surface area contributed by atoms with Crippen molar-refractivity contribution in [1.82, 2.24) is 9.88 Å². The van der Waals surface area contributed by atoms with E-state index >= 15 is 0 Å². The van der Waals surface area contributed by atoms with Gasteiger partial charge in [0, 0.05) is 30.3 Å². The lowest BCUT2D eigenvalue weighted by atomic mass is 10.1. The average Bonchev–Trinajstić information content (AvgIpc) is 2.39. The predicted molar refractivity (Wildman–Crippen MR) is 76.2 cm³/mol. The number of nitrogens with zero attached hydrogens (tertiary/aromatic N) is 2. The lowest BCUT2D eigenvalue weighted by Crippen LogP contribution is -2.43. The van der Waals surface area contributed by atoms with Crippen molar-refractivity contribution in [3.8, 4) is 0 Å². The van der Waals surface area contributed by atoms with Crippen LogP contribution in [0.15, 0.2) is 18.3 Å². The van der Waals surface area contributed by atoms with Gasteiger partial charge in [-0.25, -0.2) is 4.98 Å². The van der Waals surface area contributed by atoms with E-state index in [-0.39, 0.29) is 5.91 Å². The molecule has 3 nitrogen and oxygen atoms in total. The molecular weight excluding hydrogens is 268 g/mol. The van der Waals surface area contributed by atoms with Gasteiger partial charge in [-0.2, -0.15) is 11.8 Å². The Kier molecular flexibility index (Phi) is 4.51. The molecule has 18 heavy (non-hydrogen) atoms. The van der Waals surface area contributed by atoms with Crippen LogP contribution < -0.4 is 0 Å². The Bertz CT molecular complexity index is 422. The molecule has 0 bridgehead atoms. The van der Waals surface area contributed by atoms with Crippen molar-refractivity contribution in [2.75, 3.05) is 18.8 Å². The highest BCUT2D eigenvalue weighted by molar-refractivity contribution is 8.00. The van der Waals surface area contributed by atoms with E-state index in [2.05, 4.69) is 18.8 Å². The Balaban J connectivity index is 2.06. The van der Waals surface area contributed by atoms with Crippen LogP contribution in [0.3, 0.4) is 0 Å². The molecule has 1 aromatic heterocycles. The summed E-state index contributed by atoms with van der Waals surface area (Å²) >= 11 is 7.69. The van der Waals surface area contributed by atoms with Gasteiger partial charge in [0.1, 0.15) is 5.15 Å². The van der Waals surface area contributed by atoms with E-state index in [4.69, 9.17) is 11.6 Å². The molecule has 0 saturated carbocycles. The molecule has 2 heterocycles. The highest BCUT2D eigenvalue weighted by Crippen LogP contribution is 2.25. The second kappa shape index (κ2) is 5.93. The van der Waals surface area contributed by atoms with Crippen molar-refractivity contribution in [2.24, 2.45) is 5.92 Å². The molecule has 1 saturated heterocycles. The standard InChI is InChI=1S/C13H17ClN2OS/c1-9(2)11-8-16(5-6-18-11)13(17)10-3-4-12(14)15-7-10/h3-4,7,9,11H,5-6,8H2,1-2H3/t11-/m0/s1. The fourth-order valence-corrected chi connectivity index (χ4v) is 3.36. The van der Waals surface area contributed by atoms with Crippen LogP contribution >= 0.6 is 23.4 Å². The van der Waals surface area contributed by atoms with Gasteiger partial charge in [0.25, 0.3) is 5.91 Å². The van der Waals surface area contributed by atoms with Crippen LogP contribution in [0.25, 0.3) is 0 Å². The third-order valence-electron chi connectivity index (χ3n) is 3.10. The Labute approximate surface area is 117 Å². The van der Waals surface area contributed by atoms with Crippen molar-refractivity contribution in [1.29, 1.82) is 0 Å². The number of thioether (sulfide) groups is 1. The molecule has 1 atom stereocenters. The SMILES string of the molecule is CC(C)[C@@H]1CN(C(=O)c2ccc(Cl)nc2)CCS1. The van der Waals surface area contributed by atoms with Crippen molar-refractivity contribution in [3.63, 3.8) is 0 Å². The van der Waals surface area contributed by atoms with Crippen LogP contribution in [-0.4, -0.2) is 39.9 Å². The third kappa shape index (κ3) is 3.18. The zero-order valence-corrected chi connectivity index (χ0v) is 12.2. The maximum absolute atomic E-state index is 12.3. The predicted octanol–water partition coefficient (Wildman–Crippen LogP) is 2.95. The van der Waals surface area contributed by atoms with Gasteiger partial charge in [-0.1, -0.05) is 25.4 Å². The Morgan fingerprint density at radius 2 is 2.33 bits per heavy atom. The van der Waals surface area contributed by atoms with E-state index in [0.717, 1.165) is 18.8 Å². The van der Waals surface area contributed by atoms with Crippen molar-refractivity contribution >= 4 is 29.3 Å². The van der Waals surface area contributed by atoms with Gasteiger partial charge < -0.3 is 4.90 Å². The van der Waals surface area contributed by atoms with Crippen molar-refractivity contribution < 1.29 is 4.79 Å². The number of hydrogen-bond acceptors (Lipinski definition) is 3. The van der Waals surface area contributed by atoms with Gasteiger partial charge in [-0.15, -0.1) is 0 Å². The smallest absolute Gasteiger partial charge is 0.255 e. The summed E-state index contributed by atoms with van der Waals surface area (Å²) in [5.41, 5.74) is 0.619. The summed E-state index contributed by atoms with van der Waals surface area (Å²) in [7, 11) is 0. The zero-order chi connectivity index (χ0) is 13.1. The van der Waals surface area contributed by atoms with Crippen molar-refractivity contribution in [3.05, 3.63) is 29.0 Å². The van der Waals surface area contributed by atoms with Gasteiger partial charge >= 0.3 is 0 Å². The van der Waals surface area contributed by atoms with Crippen LogP contribution in [0, 0.1) is 5.92 Å². The molecule has 1 amide bonds. The molecule has 0 spiro atoms. The number of halogens is 1.